The highest BCUT2D eigenvalue weighted by Gasteiger charge is 2.01. The van der Waals surface area contributed by atoms with Gasteiger partial charge in [0.2, 0.25) is 10.0 Å². The number of hydrogen-bond acceptors (Lipinski definition) is 4. The molecule has 0 spiro atoms. The number of hydrogen-bond donors (Lipinski definition) is 3. The van der Waals surface area contributed by atoms with E-state index in [2.05, 4.69) is 20.3 Å². The van der Waals surface area contributed by atoms with Gasteiger partial charge in [0, 0.05) is 26.7 Å². The summed E-state index contributed by atoms with van der Waals surface area (Å²) in [6, 6.07) is 7.95. The van der Waals surface area contributed by atoms with Gasteiger partial charge in [-0.25, -0.2) is 13.1 Å². The zero-order valence-corrected chi connectivity index (χ0v) is 14.7. The van der Waals surface area contributed by atoms with Crippen molar-refractivity contribution >= 4 is 16.0 Å². The van der Waals surface area contributed by atoms with E-state index in [0.717, 1.165) is 25.0 Å². The number of nitrogens with zero attached hydrogens (tertiary/aromatic N) is 1. The monoisotopic (exact) mass is 342 g/mol. The fraction of sp³-hybridized carbons (Fsp3) is 0.533. The van der Waals surface area contributed by atoms with Crippen molar-refractivity contribution in [2.75, 3.05) is 40.0 Å². The molecule has 1 aromatic carbocycles. The molecule has 3 N–H and O–H groups in total. The summed E-state index contributed by atoms with van der Waals surface area (Å²) < 4.78 is 29.4. The van der Waals surface area contributed by atoms with Gasteiger partial charge in [-0.1, -0.05) is 12.1 Å². The van der Waals surface area contributed by atoms with Crippen molar-refractivity contribution in [1.82, 2.24) is 15.4 Å². The number of ether oxygens (including phenoxy) is 1. The van der Waals surface area contributed by atoms with Crippen molar-refractivity contribution in [3.05, 3.63) is 29.8 Å². The van der Waals surface area contributed by atoms with Crippen LogP contribution in [0.1, 0.15) is 12.0 Å². The summed E-state index contributed by atoms with van der Waals surface area (Å²) in [5, 5.41) is 6.37. The Morgan fingerprint density at radius 2 is 1.78 bits per heavy atom. The van der Waals surface area contributed by atoms with Crippen molar-refractivity contribution in [1.29, 1.82) is 0 Å². The maximum absolute atomic E-state index is 10.9. The first kappa shape index (κ1) is 19.2. The molecule has 8 heteroatoms. The van der Waals surface area contributed by atoms with Crippen LogP contribution in [0.2, 0.25) is 0 Å². The molecular formula is C15H26N4O3S. The molecule has 23 heavy (non-hydrogen) atoms. The SMILES string of the molecule is CN=C(NCCCNS(C)(=O)=O)NCCc1ccc(OC)cc1. The summed E-state index contributed by atoms with van der Waals surface area (Å²) in [6.07, 6.45) is 2.71. The summed E-state index contributed by atoms with van der Waals surface area (Å²) >= 11 is 0. The molecule has 0 unspecified atom stereocenters. The molecule has 7 nitrogen and oxygen atoms in total. The van der Waals surface area contributed by atoms with Gasteiger partial charge in [0.25, 0.3) is 0 Å². The number of sulfonamides is 1. The Hall–Kier alpha value is -1.80. The molecule has 0 radical (unpaired) electrons. The summed E-state index contributed by atoms with van der Waals surface area (Å²) in [6.45, 7) is 1.81. The second kappa shape index (κ2) is 10.1. The highest BCUT2D eigenvalue weighted by atomic mass is 32.2. The fourth-order valence-corrected chi connectivity index (χ4v) is 2.41. The minimum atomic E-state index is -3.11. The second-order valence-corrected chi connectivity index (χ2v) is 6.88. The van der Waals surface area contributed by atoms with Crippen molar-refractivity contribution in [2.24, 2.45) is 4.99 Å². The molecule has 0 aromatic heterocycles. The lowest BCUT2D eigenvalue weighted by atomic mass is 10.1. The Bertz CT molecular complexity index is 585. The molecule has 0 saturated heterocycles. The largest absolute Gasteiger partial charge is 0.497 e. The van der Waals surface area contributed by atoms with Gasteiger partial charge in [-0.2, -0.15) is 0 Å². The minimum absolute atomic E-state index is 0.411. The van der Waals surface area contributed by atoms with Crippen LogP contribution < -0.4 is 20.1 Å². The van der Waals surface area contributed by atoms with Gasteiger partial charge in [-0.15, -0.1) is 0 Å². The highest BCUT2D eigenvalue weighted by Crippen LogP contribution is 2.11. The first-order valence-electron chi connectivity index (χ1n) is 7.46. The molecule has 0 aliphatic carbocycles. The van der Waals surface area contributed by atoms with Gasteiger partial charge in [0.05, 0.1) is 13.4 Å². The van der Waals surface area contributed by atoms with Gasteiger partial charge in [-0.05, 0) is 30.5 Å². The van der Waals surface area contributed by atoms with Gasteiger partial charge < -0.3 is 15.4 Å². The van der Waals surface area contributed by atoms with Crippen molar-refractivity contribution in [2.45, 2.75) is 12.8 Å². The molecule has 0 amide bonds. The van der Waals surface area contributed by atoms with Gasteiger partial charge in [0.15, 0.2) is 5.96 Å². The lowest BCUT2D eigenvalue weighted by molar-refractivity contribution is 0.414. The van der Waals surface area contributed by atoms with Crippen LogP contribution >= 0.6 is 0 Å². The number of rotatable bonds is 9. The zero-order valence-electron chi connectivity index (χ0n) is 13.9. The predicted octanol–water partition coefficient (Wildman–Crippen LogP) is 0.342. The van der Waals surface area contributed by atoms with E-state index in [-0.39, 0.29) is 0 Å². The molecular weight excluding hydrogens is 316 g/mol. The molecule has 0 saturated carbocycles. The Morgan fingerprint density at radius 1 is 1.13 bits per heavy atom. The van der Waals surface area contributed by atoms with Crippen molar-refractivity contribution < 1.29 is 13.2 Å². The number of benzene rings is 1. The lowest BCUT2D eigenvalue weighted by Gasteiger charge is -2.12. The molecule has 130 valence electrons. The van der Waals surface area contributed by atoms with Crippen LogP contribution in [-0.2, 0) is 16.4 Å². The van der Waals surface area contributed by atoms with E-state index < -0.39 is 10.0 Å². The number of methoxy groups -OCH3 is 1. The zero-order chi connectivity index (χ0) is 17.1. The van der Waals surface area contributed by atoms with E-state index in [0.29, 0.717) is 25.5 Å². The summed E-state index contributed by atoms with van der Waals surface area (Å²) in [7, 11) is 0.243. The van der Waals surface area contributed by atoms with Crippen LogP contribution in [0.3, 0.4) is 0 Å². The average molecular weight is 342 g/mol. The average Bonchev–Trinajstić information content (AvgIpc) is 2.52. The third-order valence-corrected chi connectivity index (χ3v) is 3.83. The Kier molecular flexibility index (Phi) is 8.42. The molecule has 1 aromatic rings. The standard InChI is InChI=1S/C15H26N4O3S/c1-16-15(17-10-4-11-19-23(3,20)21)18-12-9-13-5-7-14(22-2)8-6-13/h5-8,19H,4,9-12H2,1-3H3,(H2,16,17,18). The van der Waals surface area contributed by atoms with Crippen LogP contribution in [0.25, 0.3) is 0 Å². The summed E-state index contributed by atoms with van der Waals surface area (Å²) in [5.74, 6) is 1.56. The smallest absolute Gasteiger partial charge is 0.208 e. The van der Waals surface area contributed by atoms with E-state index in [4.69, 9.17) is 4.74 Å². The highest BCUT2D eigenvalue weighted by molar-refractivity contribution is 7.88. The van der Waals surface area contributed by atoms with Gasteiger partial charge >= 0.3 is 0 Å². The van der Waals surface area contributed by atoms with Crippen LogP contribution in [-0.4, -0.2) is 54.4 Å². The van der Waals surface area contributed by atoms with Crippen LogP contribution in [0.4, 0.5) is 0 Å². The van der Waals surface area contributed by atoms with E-state index in [1.165, 1.54) is 5.56 Å². The predicted molar refractivity (Wildman–Crippen MR) is 93.5 cm³/mol. The maximum atomic E-state index is 10.9. The summed E-state index contributed by atoms with van der Waals surface area (Å²) in [5.41, 5.74) is 1.21. The molecule has 0 aliphatic rings. The van der Waals surface area contributed by atoms with E-state index >= 15 is 0 Å². The third-order valence-electron chi connectivity index (χ3n) is 3.10. The molecule has 0 bridgehead atoms. The summed E-state index contributed by atoms with van der Waals surface area (Å²) in [4.78, 5) is 4.13. The quantitative estimate of drug-likeness (QED) is 0.342. The molecule has 1 rings (SSSR count). The minimum Gasteiger partial charge on any atom is -0.497 e. The van der Waals surface area contributed by atoms with E-state index in [1.54, 1.807) is 14.2 Å². The van der Waals surface area contributed by atoms with Crippen LogP contribution in [0.5, 0.6) is 5.75 Å². The van der Waals surface area contributed by atoms with Crippen LogP contribution in [0, 0.1) is 0 Å². The molecule has 0 atom stereocenters. The second-order valence-electron chi connectivity index (χ2n) is 5.04. The number of guanidine groups is 1. The molecule has 0 aliphatic heterocycles. The number of nitrogens with one attached hydrogen (secondary N) is 3. The van der Waals surface area contributed by atoms with E-state index in [9.17, 15) is 8.42 Å². The lowest BCUT2D eigenvalue weighted by Crippen LogP contribution is -2.39. The normalized spacial score (nSPS) is 12.0. The molecule has 0 fully saturated rings. The third kappa shape index (κ3) is 9.04. The first-order valence-corrected chi connectivity index (χ1v) is 9.36. The molecule has 0 heterocycles. The van der Waals surface area contributed by atoms with Crippen molar-refractivity contribution in [3.63, 3.8) is 0 Å². The topological polar surface area (TPSA) is 91.8 Å². The Morgan fingerprint density at radius 3 is 2.35 bits per heavy atom. The fourth-order valence-electron chi connectivity index (χ4n) is 1.89. The Labute approximate surface area is 138 Å². The van der Waals surface area contributed by atoms with Crippen molar-refractivity contribution in [3.8, 4) is 5.75 Å². The first-order chi connectivity index (χ1) is 10.9. The van der Waals surface area contributed by atoms with Gasteiger partial charge in [-0.3, -0.25) is 4.99 Å². The van der Waals surface area contributed by atoms with Crippen LogP contribution in [0.15, 0.2) is 29.3 Å². The maximum Gasteiger partial charge on any atom is 0.208 e. The van der Waals surface area contributed by atoms with E-state index in [1.807, 2.05) is 24.3 Å². The Balaban J connectivity index is 2.20. The number of aliphatic imine (C=N–C) groups is 1. The van der Waals surface area contributed by atoms with Gasteiger partial charge in [0.1, 0.15) is 5.75 Å².